The van der Waals surface area contributed by atoms with Gasteiger partial charge in [0.1, 0.15) is 0 Å². The topological polar surface area (TPSA) is 24.5 Å². The molecule has 1 aliphatic rings. The summed E-state index contributed by atoms with van der Waals surface area (Å²) in [6.07, 6.45) is 5.77. The van der Waals surface area contributed by atoms with Gasteiger partial charge in [0.05, 0.1) is 18.8 Å². The molecule has 3 nitrogen and oxygen atoms in total. The van der Waals surface area contributed by atoms with Gasteiger partial charge in [-0.05, 0) is 19.8 Å². The molecular weight excluding hydrogens is 212 g/mol. The highest BCUT2D eigenvalue weighted by Gasteiger charge is 2.22. The van der Waals surface area contributed by atoms with Crippen molar-refractivity contribution in [3.8, 4) is 12.3 Å². The van der Waals surface area contributed by atoms with Gasteiger partial charge >= 0.3 is 0 Å². The first-order valence-electron chi connectivity index (χ1n) is 6.59. The van der Waals surface area contributed by atoms with Crippen molar-refractivity contribution in [1.29, 1.82) is 0 Å². The van der Waals surface area contributed by atoms with Crippen LogP contribution in [-0.4, -0.2) is 49.3 Å². The lowest BCUT2D eigenvalue weighted by molar-refractivity contribution is -0.0379. The zero-order valence-electron chi connectivity index (χ0n) is 11.6. The molecular formula is C14H26N2O. The third-order valence-electron chi connectivity index (χ3n) is 3.31. The fourth-order valence-electron chi connectivity index (χ4n) is 2.08. The second-order valence-corrected chi connectivity index (χ2v) is 5.38. The zero-order chi connectivity index (χ0) is 12.8. The molecule has 1 N–H and O–H groups in total. The molecule has 1 heterocycles. The van der Waals surface area contributed by atoms with Crippen molar-refractivity contribution in [3.05, 3.63) is 0 Å². The molecule has 0 amide bonds. The van der Waals surface area contributed by atoms with Gasteiger partial charge in [-0.1, -0.05) is 19.8 Å². The van der Waals surface area contributed by atoms with Crippen molar-refractivity contribution in [3.63, 3.8) is 0 Å². The van der Waals surface area contributed by atoms with Gasteiger partial charge in [-0.3, -0.25) is 4.90 Å². The van der Waals surface area contributed by atoms with E-state index in [0.29, 0.717) is 12.0 Å². The Hall–Kier alpha value is -0.560. The molecule has 1 rings (SSSR count). The van der Waals surface area contributed by atoms with Gasteiger partial charge < -0.3 is 10.1 Å². The Bertz CT molecular complexity index is 257. The molecule has 1 aliphatic heterocycles. The van der Waals surface area contributed by atoms with E-state index in [1.807, 2.05) is 0 Å². The van der Waals surface area contributed by atoms with E-state index in [2.05, 4.69) is 43.8 Å². The maximum atomic E-state index is 5.76. The van der Waals surface area contributed by atoms with Crippen molar-refractivity contribution in [1.82, 2.24) is 10.2 Å². The van der Waals surface area contributed by atoms with E-state index >= 15 is 0 Å². The van der Waals surface area contributed by atoms with Crippen molar-refractivity contribution < 1.29 is 4.74 Å². The Kier molecular flexibility index (Phi) is 5.97. The number of terminal acetylenes is 1. The minimum absolute atomic E-state index is 0.146. The van der Waals surface area contributed by atoms with E-state index in [-0.39, 0.29) is 12.1 Å². The number of hydrogen-bond donors (Lipinski definition) is 1. The first kappa shape index (κ1) is 14.5. The fourth-order valence-corrected chi connectivity index (χ4v) is 2.08. The highest BCUT2D eigenvalue weighted by molar-refractivity contribution is 5.00. The molecule has 1 fully saturated rings. The number of rotatable bonds is 5. The molecule has 0 spiro atoms. The van der Waals surface area contributed by atoms with Gasteiger partial charge in [0.15, 0.2) is 0 Å². The first-order chi connectivity index (χ1) is 8.04. The summed E-state index contributed by atoms with van der Waals surface area (Å²) in [6, 6.07) is 0.739. The van der Waals surface area contributed by atoms with Crippen LogP contribution >= 0.6 is 0 Å². The van der Waals surface area contributed by atoms with Crippen molar-refractivity contribution in [2.75, 3.05) is 26.2 Å². The molecule has 3 heteroatoms. The van der Waals surface area contributed by atoms with E-state index in [9.17, 15) is 0 Å². The van der Waals surface area contributed by atoms with Gasteiger partial charge in [0, 0.05) is 25.7 Å². The quantitative estimate of drug-likeness (QED) is 0.732. The molecule has 1 saturated heterocycles. The second-order valence-electron chi connectivity index (χ2n) is 5.38. The third kappa shape index (κ3) is 4.67. The molecule has 0 aliphatic carbocycles. The van der Waals surface area contributed by atoms with E-state index in [0.717, 1.165) is 26.2 Å². The number of nitrogens with zero attached hydrogens (tertiary/aromatic N) is 1. The summed E-state index contributed by atoms with van der Waals surface area (Å²) >= 11 is 0. The molecule has 0 bridgehead atoms. The smallest absolute Gasteiger partial charge is 0.0827 e. The largest absolute Gasteiger partial charge is 0.374 e. The van der Waals surface area contributed by atoms with Crippen LogP contribution in [0.3, 0.4) is 0 Å². The average Bonchev–Trinajstić information content (AvgIpc) is 2.29. The number of hydrogen-bond acceptors (Lipinski definition) is 3. The van der Waals surface area contributed by atoms with E-state index in [1.165, 1.54) is 0 Å². The molecule has 2 atom stereocenters. The van der Waals surface area contributed by atoms with Gasteiger partial charge in [-0.25, -0.2) is 0 Å². The van der Waals surface area contributed by atoms with Crippen LogP contribution in [0.4, 0.5) is 0 Å². The van der Waals surface area contributed by atoms with Crippen LogP contribution in [0.25, 0.3) is 0 Å². The highest BCUT2D eigenvalue weighted by atomic mass is 16.5. The summed E-state index contributed by atoms with van der Waals surface area (Å²) < 4.78 is 5.76. The van der Waals surface area contributed by atoms with Crippen molar-refractivity contribution >= 4 is 0 Å². The Balaban J connectivity index is 2.34. The van der Waals surface area contributed by atoms with Gasteiger partial charge in [-0.2, -0.15) is 0 Å². The summed E-state index contributed by atoms with van der Waals surface area (Å²) in [5.41, 5.74) is 0. The normalized spacial score (nSPS) is 23.9. The van der Waals surface area contributed by atoms with Gasteiger partial charge in [0.2, 0.25) is 0 Å². The summed E-state index contributed by atoms with van der Waals surface area (Å²) in [5, 5.41) is 3.41. The summed E-state index contributed by atoms with van der Waals surface area (Å²) in [7, 11) is 0. The first-order valence-corrected chi connectivity index (χ1v) is 6.59. The highest BCUT2D eigenvalue weighted by Crippen LogP contribution is 2.09. The van der Waals surface area contributed by atoms with Crippen LogP contribution in [0, 0.1) is 18.3 Å². The Morgan fingerprint density at radius 3 is 2.65 bits per heavy atom. The lowest BCUT2D eigenvalue weighted by atomic mass is 10.1. The van der Waals surface area contributed by atoms with Gasteiger partial charge in [-0.15, -0.1) is 6.42 Å². The van der Waals surface area contributed by atoms with Crippen molar-refractivity contribution in [2.45, 2.75) is 45.9 Å². The molecule has 2 unspecified atom stereocenters. The standard InChI is InChI=1S/C14H26N2O/c1-6-14(11(2)3)15-9-13-10-16(12(4)5)7-8-17-13/h1,11-15H,7-10H2,2-5H3. The minimum atomic E-state index is 0.146. The maximum absolute atomic E-state index is 5.76. The molecule has 98 valence electrons. The monoisotopic (exact) mass is 238 g/mol. The minimum Gasteiger partial charge on any atom is -0.374 e. The van der Waals surface area contributed by atoms with Crippen LogP contribution in [0.2, 0.25) is 0 Å². The predicted molar refractivity (Wildman–Crippen MR) is 71.9 cm³/mol. The predicted octanol–water partition coefficient (Wildman–Crippen LogP) is 1.34. The average molecular weight is 238 g/mol. The van der Waals surface area contributed by atoms with Crippen LogP contribution in [0.1, 0.15) is 27.7 Å². The SMILES string of the molecule is C#CC(NCC1CN(C(C)C)CCO1)C(C)C. The molecule has 17 heavy (non-hydrogen) atoms. The van der Waals surface area contributed by atoms with Crippen molar-refractivity contribution in [2.24, 2.45) is 5.92 Å². The Morgan fingerprint density at radius 1 is 1.41 bits per heavy atom. The fraction of sp³-hybridized carbons (Fsp3) is 0.857. The molecule has 0 aromatic heterocycles. The Morgan fingerprint density at radius 2 is 2.12 bits per heavy atom. The number of morpholine rings is 1. The van der Waals surface area contributed by atoms with Crippen LogP contribution in [-0.2, 0) is 4.74 Å². The lowest BCUT2D eigenvalue weighted by Crippen LogP contribution is -2.50. The maximum Gasteiger partial charge on any atom is 0.0827 e. The van der Waals surface area contributed by atoms with E-state index in [1.54, 1.807) is 0 Å². The van der Waals surface area contributed by atoms with Crippen LogP contribution in [0.5, 0.6) is 0 Å². The van der Waals surface area contributed by atoms with Gasteiger partial charge in [0.25, 0.3) is 0 Å². The number of nitrogens with one attached hydrogen (secondary N) is 1. The van der Waals surface area contributed by atoms with E-state index < -0.39 is 0 Å². The number of ether oxygens (including phenoxy) is 1. The van der Waals surface area contributed by atoms with Crippen LogP contribution < -0.4 is 5.32 Å². The van der Waals surface area contributed by atoms with Crippen LogP contribution in [0.15, 0.2) is 0 Å². The van der Waals surface area contributed by atoms with E-state index in [4.69, 9.17) is 11.2 Å². The Labute approximate surface area is 106 Å². The second kappa shape index (κ2) is 7.00. The lowest BCUT2D eigenvalue weighted by Gasteiger charge is -2.36. The zero-order valence-corrected chi connectivity index (χ0v) is 11.6. The molecule has 0 saturated carbocycles. The third-order valence-corrected chi connectivity index (χ3v) is 3.31. The molecule has 0 aromatic carbocycles. The molecule has 0 radical (unpaired) electrons. The summed E-state index contributed by atoms with van der Waals surface area (Å²) in [4.78, 5) is 2.45. The molecule has 0 aromatic rings. The summed E-state index contributed by atoms with van der Waals surface area (Å²) in [6.45, 7) is 12.4. The summed E-state index contributed by atoms with van der Waals surface area (Å²) in [5.74, 6) is 3.26.